The fourth-order valence-electron chi connectivity index (χ4n) is 2.95. The summed E-state index contributed by atoms with van der Waals surface area (Å²) in [6.45, 7) is 8.54. The maximum absolute atomic E-state index is 10.3. The van der Waals surface area contributed by atoms with Crippen LogP contribution in [0.1, 0.15) is 56.3 Å². The van der Waals surface area contributed by atoms with E-state index < -0.39 is 0 Å². The first-order valence-electron chi connectivity index (χ1n) is 8.71. The van der Waals surface area contributed by atoms with E-state index in [1.165, 1.54) is 11.3 Å². The maximum atomic E-state index is 10.3. The van der Waals surface area contributed by atoms with Crippen LogP contribution in [0, 0.1) is 5.41 Å². The number of aliphatic hydroxyl groups excluding tert-OH is 1. The molecule has 1 aliphatic rings. The standard InChI is InChI=1S/C17H30N4OS/c1-4-13-10-19-15(23-13)11-20-16(18-5-2)21-12-17(3)9-7-6-8-14(17)22/h10,14,22H,4-9,11-12H2,1-3H3,(H2,18,20,21). The number of nitrogens with zero attached hydrogens (tertiary/aromatic N) is 2. The Hall–Kier alpha value is -1.14. The SMILES string of the molecule is CCNC(=NCc1ncc(CC)s1)NCC1(C)CCCCC1O. The molecule has 1 saturated carbocycles. The summed E-state index contributed by atoms with van der Waals surface area (Å²) in [5, 5.41) is 18.0. The molecule has 0 spiro atoms. The summed E-state index contributed by atoms with van der Waals surface area (Å²) in [5.74, 6) is 0.805. The average Bonchev–Trinajstić information content (AvgIpc) is 3.01. The molecular weight excluding hydrogens is 308 g/mol. The van der Waals surface area contributed by atoms with Crippen LogP contribution in [0.4, 0.5) is 0 Å². The van der Waals surface area contributed by atoms with Gasteiger partial charge in [0, 0.05) is 29.6 Å². The number of rotatable bonds is 6. The van der Waals surface area contributed by atoms with Crippen molar-refractivity contribution in [3.63, 3.8) is 0 Å². The van der Waals surface area contributed by atoms with E-state index in [0.717, 1.165) is 49.7 Å². The average molecular weight is 339 g/mol. The highest BCUT2D eigenvalue weighted by Crippen LogP contribution is 2.35. The topological polar surface area (TPSA) is 69.5 Å². The van der Waals surface area contributed by atoms with Gasteiger partial charge in [0.2, 0.25) is 0 Å². The summed E-state index contributed by atoms with van der Waals surface area (Å²) < 4.78 is 0. The Balaban J connectivity index is 1.93. The van der Waals surface area contributed by atoms with E-state index >= 15 is 0 Å². The van der Waals surface area contributed by atoms with Crippen LogP contribution in [0.15, 0.2) is 11.2 Å². The molecule has 1 aliphatic carbocycles. The Morgan fingerprint density at radius 2 is 2.26 bits per heavy atom. The van der Waals surface area contributed by atoms with E-state index in [9.17, 15) is 5.11 Å². The molecule has 1 aromatic heterocycles. The molecule has 0 bridgehead atoms. The van der Waals surface area contributed by atoms with Crippen LogP contribution in [0.25, 0.3) is 0 Å². The van der Waals surface area contributed by atoms with Gasteiger partial charge < -0.3 is 15.7 Å². The van der Waals surface area contributed by atoms with Gasteiger partial charge in [-0.05, 0) is 26.2 Å². The monoisotopic (exact) mass is 338 g/mol. The molecule has 0 saturated heterocycles. The van der Waals surface area contributed by atoms with Crippen molar-refractivity contribution in [1.82, 2.24) is 15.6 Å². The van der Waals surface area contributed by atoms with Crippen molar-refractivity contribution in [2.75, 3.05) is 13.1 Å². The molecule has 5 nitrogen and oxygen atoms in total. The molecule has 3 N–H and O–H groups in total. The summed E-state index contributed by atoms with van der Waals surface area (Å²) in [7, 11) is 0. The molecule has 0 aromatic carbocycles. The summed E-state index contributed by atoms with van der Waals surface area (Å²) in [6.07, 6.45) is 7.04. The van der Waals surface area contributed by atoms with Crippen LogP contribution >= 0.6 is 11.3 Å². The second kappa shape index (κ2) is 8.64. The highest BCUT2D eigenvalue weighted by molar-refractivity contribution is 7.11. The third kappa shape index (κ3) is 5.18. The molecule has 0 amide bonds. The van der Waals surface area contributed by atoms with E-state index in [0.29, 0.717) is 6.54 Å². The first-order chi connectivity index (χ1) is 11.1. The number of aliphatic imine (C=N–C) groups is 1. The molecule has 130 valence electrons. The zero-order valence-electron chi connectivity index (χ0n) is 14.6. The molecule has 0 aliphatic heterocycles. The number of hydrogen-bond acceptors (Lipinski definition) is 4. The maximum Gasteiger partial charge on any atom is 0.191 e. The summed E-state index contributed by atoms with van der Waals surface area (Å²) in [4.78, 5) is 10.3. The smallest absolute Gasteiger partial charge is 0.191 e. The number of nitrogens with one attached hydrogen (secondary N) is 2. The molecule has 1 aromatic rings. The van der Waals surface area contributed by atoms with Crippen molar-refractivity contribution in [3.8, 4) is 0 Å². The van der Waals surface area contributed by atoms with Crippen LogP contribution in [0.5, 0.6) is 0 Å². The number of hydrogen-bond donors (Lipinski definition) is 3. The first-order valence-corrected chi connectivity index (χ1v) is 9.53. The van der Waals surface area contributed by atoms with Crippen molar-refractivity contribution >= 4 is 17.3 Å². The van der Waals surface area contributed by atoms with Gasteiger partial charge in [0.15, 0.2) is 5.96 Å². The minimum Gasteiger partial charge on any atom is -0.392 e. The first kappa shape index (κ1) is 18.2. The molecule has 1 heterocycles. The number of aromatic nitrogens is 1. The van der Waals surface area contributed by atoms with Gasteiger partial charge in [-0.3, -0.25) is 0 Å². The molecule has 2 unspecified atom stereocenters. The molecule has 1 fully saturated rings. The Morgan fingerprint density at radius 3 is 2.91 bits per heavy atom. The second-order valence-corrected chi connectivity index (χ2v) is 7.74. The van der Waals surface area contributed by atoms with Gasteiger partial charge >= 0.3 is 0 Å². The molecule has 6 heteroatoms. The number of aryl methyl sites for hydroxylation is 1. The fraction of sp³-hybridized carbons (Fsp3) is 0.765. The van der Waals surface area contributed by atoms with E-state index in [4.69, 9.17) is 0 Å². The Kier molecular flexibility index (Phi) is 6.84. The Morgan fingerprint density at radius 1 is 1.43 bits per heavy atom. The molecular formula is C17H30N4OS. The third-order valence-corrected chi connectivity index (χ3v) is 5.73. The number of aliphatic hydroxyl groups is 1. The predicted molar refractivity (Wildman–Crippen MR) is 96.9 cm³/mol. The van der Waals surface area contributed by atoms with Gasteiger partial charge in [0.1, 0.15) is 5.01 Å². The Bertz CT molecular complexity index is 516. The highest BCUT2D eigenvalue weighted by Gasteiger charge is 2.35. The number of thiazole rings is 1. The zero-order chi connectivity index (χ0) is 16.7. The lowest BCUT2D eigenvalue weighted by Crippen LogP contribution is -2.48. The number of guanidine groups is 1. The van der Waals surface area contributed by atoms with E-state index in [2.05, 4.69) is 41.4 Å². The van der Waals surface area contributed by atoms with Crippen molar-refractivity contribution in [3.05, 3.63) is 16.1 Å². The fourth-order valence-corrected chi connectivity index (χ4v) is 3.73. The molecule has 0 radical (unpaired) electrons. The van der Waals surface area contributed by atoms with Crippen LogP contribution in [0.3, 0.4) is 0 Å². The lowest BCUT2D eigenvalue weighted by atomic mass is 9.73. The van der Waals surface area contributed by atoms with Crippen molar-refractivity contribution < 1.29 is 5.11 Å². The van der Waals surface area contributed by atoms with E-state index in [-0.39, 0.29) is 11.5 Å². The Labute approximate surface area is 143 Å². The van der Waals surface area contributed by atoms with Gasteiger partial charge in [-0.15, -0.1) is 11.3 Å². The molecule has 2 atom stereocenters. The quantitative estimate of drug-likeness (QED) is 0.551. The van der Waals surface area contributed by atoms with E-state index in [1.54, 1.807) is 11.3 Å². The van der Waals surface area contributed by atoms with Gasteiger partial charge in [-0.2, -0.15) is 0 Å². The lowest BCUT2D eigenvalue weighted by Gasteiger charge is -2.38. The lowest BCUT2D eigenvalue weighted by molar-refractivity contribution is 0.00397. The van der Waals surface area contributed by atoms with Gasteiger partial charge in [0.05, 0.1) is 12.6 Å². The van der Waals surface area contributed by atoms with Gasteiger partial charge in [-0.1, -0.05) is 26.7 Å². The third-order valence-electron chi connectivity index (χ3n) is 4.61. The van der Waals surface area contributed by atoms with Gasteiger partial charge in [-0.25, -0.2) is 9.98 Å². The normalized spacial score (nSPS) is 25.4. The van der Waals surface area contributed by atoms with Crippen molar-refractivity contribution in [2.45, 2.75) is 65.5 Å². The minimum atomic E-state index is -0.224. The van der Waals surface area contributed by atoms with Crippen molar-refractivity contribution in [2.24, 2.45) is 10.4 Å². The molecule has 2 rings (SSSR count). The van der Waals surface area contributed by atoms with Crippen molar-refractivity contribution in [1.29, 1.82) is 0 Å². The van der Waals surface area contributed by atoms with Crippen LogP contribution in [-0.2, 0) is 13.0 Å². The highest BCUT2D eigenvalue weighted by atomic mass is 32.1. The second-order valence-electron chi connectivity index (χ2n) is 6.54. The predicted octanol–water partition coefficient (Wildman–Crippen LogP) is 2.70. The van der Waals surface area contributed by atoms with Crippen LogP contribution in [0.2, 0.25) is 0 Å². The van der Waals surface area contributed by atoms with Gasteiger partial charge in [0.25, 0.3) is 0 Å². The van der Waals surface area contributed by atoms with Crippen LogP contribution < -0.4 is 10.6 Å². The summed E-state index contributed by atoms with van der Waals surface area (Å²) in [5.41, 5.74) is -0.0645. The zero-order valence-corrected chi connectivity index (χ0v) is 15.4. The summed E-state index contributed by atoms with van der Waals surface area (Å²) in [6, 6.07) is 0. The largest absolute Gasteiger partial charge is 0.392 e. The van der Waals surface area contributed by atoms with Crippen LogP contribution in [-0.4, -0.2) is 35.2 Å². The van der Waals surface area contributed by atoms with E-state index in [1.807, 2.05) is 6.20 Å². The molecule has 23 heavy (non-hydrogen) atoms. The summed E-state index contributed by atoms with van der Waals surface area (Å²) >= 11 is 1.72. The minimum absolute atomic E-state index is 0.0645.